The van der Waals surface area contributed by atoms with Gasteiger partial charge in [-0.25, -0.2) is 0 Å². The summed E-state index contributed by atoms with van der Waals surface area (Å²) in [5.74, 6) is 1.67. The van der Waals surface area contributed by atoms with Crippen molar-refractivity contribution in [3.63, 3.8) is 0 Å². The summed E-state index contributed by atoms with van der Waals surface area (Å²) in [6.45, 7) is 7.28. The van der Waals surface area contributed by atoms with Gasteiger partial charge in [-0.3, -0.25) is 0 Å². The highest BCUT2D eigenvalue weighted by Crippen LogP contribution is 2.24. The van der Waals surface area contributed by atoms with Crippen molar-refractivity contribution in [3.8, 4) is 5.75 Å². The highest BCUT2D eigenvalue weighted by molar-refractivity contribution is 7.80. The van der Waals surface area contributed by atoms with Crippen molar-refractivity contribution in [2.45, 2.75) is 26.2 Å². The lowest BCUT2D eigenvalue weighted by molar-refractivity contribution is 0.344. The van der Waals surface area contributed by atoms with Crippen LogP contribution < -0.4 is 4.74 Å². The Labute approximate surface area is 91.9 Å². The molecule has 78 valence electrons. The van der Waals surface area contributed by atoms with Crippen LogP contribution >= 0.6 is 12.6 Å². The van der Waals surface area contributed by atoms with Crippen LogP contribution in [0, 0.1) is 0 Å². The van der Waals surface area contributed by atoms with Gasteiger partial charge in [-0.1, -0.05) is 32.9 Å². The molecule has 1 nitrogen and oxygen atoms in total. The lowest BCUT2D eigenvalue weighted by atomic mass is 9.87. The Bertz CT molecular complexity index is 271. The van der Waals surface area contributed by atoms with Crippen LogP contribution in [0.25, 0.3) is 0 Å². The monoisotopic (exact) mass is 210 g/mol. The molecule has 0 spiro atoms. The predicted molar refractivity (Wildman–Crippen MR) is 64.5 cm³/mol. The first kappa shape index (κ1) is 11.4. The van der Waals surface area contributed by atoms with Gasteiger partial charge in [0.15, 0.2) is 0 Å². The third-order valence-electron chi connectivity index (χ3n) is 2.08. The van der Waals surface area contributed by atoms with Crippen molar-refractivity contribution >= 4 is 12.6 Å². The van der Waals surface area contributed by atoms with Gasteiger partial charge in [-0.15, -0.1) is 0 Å². The Morgan fingerprint density at radius 2 is 1.71 bits per heavy atom. The summed E-state index contributed by atoms with van der Waals surface area (Å²) >= 11 is 4.09. The highest BCUT2D eigenvalue weighted by atomic mass is 32.1. The summed E-state index contributed by atoms with van der Waals surface area (Å²) in [7, 11) is 0. The molecule has 0 unspecified atom stereocenters. The van der Waals surface area contributed by atoms with Crippen molar-refractivity contribution in [1.82, 2.24) is 0 Å². The number of ether oxygens (including phenoxy) is 1. The summed E-state index contributed by atoms with van der Waals surface area (Å²) < 4.78 is 5.45. The van der Waals surface area contributed by atoms with Crippen LogP contribution in [-0.4, -0.2) is 12.4 Å². The minimum absolute atomic E-state index is 0.210. The molecular weight excluding hydrogens is 192 g/mol. The van der Waals surface area contributed by atoms with Gasteiger partial charge in [-0.2, -0.15) is 12.6 Å². The standard InChI is InChI=1S/C12H18OS/c1-12(2,3)10-4-6-11(7-5-10)13-8-9-14/h4-7,14H,8-9H2,1-3H3. The summed E-state index contributed by atoms with van der Waals surface area (Å²) in [4.78, 5) is 0. The fourth-order valence-corrected chi connectivity index (χ4v) is 1.31. The zero-order valence-corrected chi connectivity index (χ0v) is 9.97. The van der Waals surface area contributed by atoms with Gasteiger partial charge in [-0.05, 0) is 23.1 Å². The maximum Gasteiger partial charge on any atom is 0.119 e. The Balaban J connectivity index is 2.69. The highest BCUT2D eigenvalue weighted by Gasteiger charge is 2.12. The molecule has 0 atom stereocenters. The number of rotatable bonds is 3. The lowest BCUT2D eigenvalue weighted by Crippen LogP contribution is -2.10. The Kier molecular flexibility index (Phi) is 3.87. The van der Waals surface area contributed by atoms with E-state index in [9.17, 15) is 0 Å². The van der Waals surface area contributed by atoms with Gasteiger partial charge < -0.3 is 4.74 Å². The number of thiol groups is 1. The maximum absolute atomic E-state index is 5.45. The van der Waals surface area contributed by atoms with Gasteiger partial charge in [0.1, 0.15) is 5.75 Å². The maximum atomic E-state index is 5.45. The molecule has 1 aromatic carbocycles. The molecule has 0 fully saturated rings. The average Bonchev–Trinajstić information content (AvgIpc) is 2.14. The molecule has 0 saturated carbocycles. The number of hydrogen-bond donors (Lipinski definition) is 1. The first-order valence-corrected chi connectivity index (χ1v) is 5.51. The average molecular weight is 210 g/mol. The van der Waals surface area contributed by atoms with Crippen LogP contribution in [0.5, 0.6) is 5.75 Å². The molecule has 0 radical (unpaired) electrons. The minimum atomic E-state index is 0.210. The van der Waals surface area contributed by atoms with E-state index in [4.69, 9.17) is 4.74 Å². The normalized spacial score (nSPS) is 11.4. The zero-order chi connectivity index (χ0) is 10.6. The fraction of sp³-hybridized carbons (Fsp3) is 0.500. The molecular formula is C12H18OS. The van der Waals surface area contributed by atoms with Crippen LogP contribution in [0.1, 0.15) is 26.3 Å². The second-order valence-electron chi connectivity index (χ2n) is 4.35. The molecule has 1 aromatic rings. The summed E-state index contributed by atoms with van der Waals surface area (Å²) in [6.07, 6.45) is 0. The molecule has 2 heteroatoms. The zero-order valence-electron chi connectivity index (χ0n) is 9.08. The van der Waals surface area contributed by atoms with E-state index in [0.717, 1.165) is 11.5 Å². The van der Waals surface area contributed by atoms with Crippen LogP contribution in [-0.2, 0) is 5.41 Å². The molecule has 0 saturated heterocycles. The minimum Gasteiger partial charge on any atom is -0.493 e. The number of hydrogen-bond acceptors (Lipinski definition) is 2. The summed E-state index contributed by atoms with van der Waals surface area (Å²) in [5.41, 5.74) is 1.54. The molecule has 0 aliphatic heterocycles. The lowest BCUT2D eigenvalue weighted by Gasteiger charge is -2.19. The van der Waals surface area contributed by atoms with E-state index < -0.39 is 0 Å². The van der Waals surface area contributed by atoms with Crippen LogP contribution in [0.2, 0.25) is 0 Å². The Morgan fingerprint density at radius 3 is 2.14 bits per heavy atom. The van der Waals surface area contributed by atoms with Crippen molar-refractivity contribution in [2.24, 2.45) is 0 Å². The van der Waals surface area contributed by atoms with Crippen LogP contribution in [0.4, 0.5) is 0 Å². The smallest absolute Gasteiger partial charge is 0.119 e. The number of benzene rings is 1. The van der Waals surface area contributed by atoms with Gasteiger partial charge in [0.2, 0.25) is 0 Å². The van der Waals surface area contributed by atoms with Crippen molar-refractivity contribution < 1.29 is 4.74 Å². The van der Waals surface area contributed by atoms with Crippen molar-refractivity contribution in [1.29, 1.82) is 0 Å². The van der Waals surface area contributed by atoms with E-state index in [2.05, 4.69) is 45.5 Å². The van der Waals surface area contributed by atoms with Crippen LogP contribution in [0.15, 0.2) is 24.3 Å². The molecule has 0 aromatic heterocycles. The SMILES string of the molecule is CC(C)(C)c1ccc(OCCS)cc1. The summed E-state index contributed by atoms with van der Waals surface area (Å²) in [6, 6.07) is 8.27. The van der Waals surface area contributed by atoms with E-state index in [1.807, 2.05) is 12.1 Å². The summed E-state index contributed by atoms with van der Waals surface area (Å²) in [5, 5.41) is 0. The predicted octanol–water partition coefficient (Wildman–Crippen LogP) is 3.29. The van der Waals surface area contributed by atoms with Crippen molar-refractivity contribution in [3.05, 3.63) is 29.8 Å². The second-order valence-corrected chi connectivity index (χ2v) is 4.79. The molecule has 0 bridgehead atoms. The third-order valence-corrected chi connectivity index (χ3v) is 2.26. The van der Waals surface area contributed by atoms with Gasteiger partial charge >= 0.3 is 0 Å². The Hall–Kier alpha value is -0.630. The topological polar surface area (TPSA) is 9.23 Å². The molecule has 0 heterocycles. The quantitative estimate of drug-likeness (QED) is 0.753. The second kappa shape index (κ2) is 4.74. The first-order valence-electron chi connectivity index (χ1n) is 4.88. The molecule has 0 aliphatic rings. The van der Waals surface area contributed by atoms with E-state index in [0.29, 0.717) is 6.61 Å². The molecule has 14 heavy (non-hydrogen) atoms. The fourth-order valence-electron chi connectivity index (χ4n) is 1.21. The molecule has 0 aliphatic carbocycles. The van der Waals surface area contributed by atoms with E-state index in [1.165, 1.54) is 5.56 Å². The Morgan fingerprint density at radius 1 is 1.14 bits per heavy atom. The molecule has 0 N–H and O–H groups in total. The largest absolute Gasteiger partial charge is 0.493 e. The van der Waals surface area contributed by atoms with Gasteiger partial charge in [0.25, 0.3) is 0 Å². The van der Waals surface area contributed by atoms with Gasteiger partial charge in [0, 0.05) is 5.75 Å². The molecule has 1 rings (SSSR count). The van der Waals surface area contributed by atoms with E-state index in [-0.39, 0.29) is 5.41 Å². The first-order chi connectivity index (χ1) is 6.54. The van der Waals surface area contributed by atoms with E-state index in [1.54, 1.807) is 0 Å². The third kappa shape index (κ3) is 3.26. The van der Waals surface area contributed by atoms with Gasteiger partial charge in [0.05, 0.1) is 6.61 Å². The van der Waals surface area contributed by atoms with Crippen LogP contribution in [0.3, 0.4) is 0 Å². The van der Waals surface area contributed by atoms with Crippen molar-refractivity contribution in [2.75, 3.05) is 12.4 Å². The van der Waals surface area contributed by atoms with E-state index >= 15 is 0 Å². The molecule has 0 amide bonds.